The van der Waals surface area contributed by atoms with Crippen LogP contribution in [0.15, 0.2) is 28.2 Å². The molecule has 9 heteroatoms. The van der Waals surface area contributed by atoms with Gasteiger partial charge in [0.2, 0.25) is 5.91 Å². The molecule has 0 radical (unpaired) electrons. The lowest BCUT2D eigenvalue weighted by atomic mass is 10.2. The zero-order valence-corrected chi connectivity index (χ0v) is 15.6. The Morgan fingerprint density at radius 2 is 2.04 bits per heavy atom. The van der Waals surface area contributed by atoms with E-state index in [0.717, 1.165) is 11.8 Å². The fourth-order valence-corrected chi connectivity index (χ4v) is 3.31. The van der Waals surface area contributed by atoms with Crippen molar-refractivity contribution in [1.82, 2.24) is 14.9 Å². The Balaban J connectivity index is 2.50. The van der Waals surface area contributed by atoms with Gasteiger partial charge in [-0.25, -0.2) is 9.78 Å². The van der Waals surface area contributed by atoms with E-state index in [1.165, 1.54) is 4.57 Å². The molecule has 0 aliphatic carbocycles. The number of nitrogens with zero attached hydrogens (tertiary/aromatic N) is 2. The van der Waals surface area contributed by atoms with Crippen LogP contribution in [-0.2, 0) is 11.3 Å². The highest BCUT2D eigenvalue weighted by molar-refractivity contribution is 8.00. The highest BCUT2D eigenvalue weighted by atomic mass is 35.5. The summed E-state index contributed by atoms with van der Waals surface area (Å²) in [7, 11) is 0. The molecule has 2 rings (SSSR count). The number of nitrogens with two attached hydrogens (primary N) is 1. The van der Waals surface area contributed by atoms with Crippen molar-refractivity contribution in [3.8, 4) is 0 Å². The van der Waals surface area contributed by atoms with Gasteiger partial charge in [-0.3, -0.25) is 19.5 Å². The van der Waals surface area contributed by atoms with E-state index in [4.69, 9.17) is 17.3 Å². The summed E-state index contributed by atoms with van der Waals surface area (Å²) in [5.41, 5.74) is 5.25. The largest absolute Gasteiger partial charge is 0.351 e. The number of urea groups is 1. The molecule has 1 atom stereocenters. The van der Waals surface area contributed by atoms with Gasteiger partial charge >= 0.3 is 6.03 Å². The first-order valence-corrected chi connectivity index (χ1v) is 8.92. The van der Waals surface area contributed by atoms with Crippen molar-refractivity contribution >= 4 is 46.2 Å². The van der Waals surface area contributed by atoms with Crippen molar-refractivity contribution in [2.45, 2.75) is 37.7 Å². The van der Waals surface area contributed by atoms with E-state index >= 15 is 0 Å². The van der Waals surface area contributed by atoms with Crippen LogP contribution in [0.2, 0.25) is 5.02 Å². The molecule has 0 aliphatic heterocycles. The second kappa shape index (κ2) is 7.88. The molecule has 0 saturated carbocycles. The number of rotatable bonds is 5. The fourth-order valence-electron chi connectivity index (χ4n) is 2.22. The molecule has 1 unspecified atom stereocenters. The van der Waals surface area contributed by atoms with Crippen LogP contribution in [0, 0.1) is 5.92 Å². The minimum absolute atomic E-state index is 0.199. The number of nitrogens with one attached hydrogen (secondary N) is 1. The standard InChI is InChI=1S/C16H19ClN4O3S/c1-8(2)7-21-14(23)11-6-10(17)4-5-12(11)19-16(21)25-9(3)13(22)20-15(18)24/h4-6,8-9H,7H2,1-3H3,(H3,18,20,22,24). The first kappa shape index (κ1) is 19.3. The summed E-state index contributed by atoms with van der Waals surface area (Å²) >= 11 is 7.08. The van der Waals surface area contributed by atoms with E-state index in [2.05, 4.69) is 4.98 Å². The Morgan fingerprint density at radius 1 is 1.36 bits per heavy atom. The topological polar surface area (TPSA) is 107 Å². The first-order chi connectivity index (χ1) is 11.7. The zero-order valence-electron chi connectivity index (χ0n) is 14.1. The molecule has 2 aromatic rings. The number of benzene rings is 1. The van der Waals surface area contributed by atoms with Gasteiger partial charge in [0.25, 0.3) is 5.56 Å². The number of primary amides is 1. The van der Waals surface area contributed by atoms with Crippen LogP contribution >= 0.6 is 23.4 Å². The third-order valence-corrected chi connectivity index (χ3v) is 4.65. The second-order valence-electron chi connectivity index (χ2n) is 5.98. The molecule has 3 amide bonds. The number of imide groups is 1. The molecule has 0 spiro atoms. The van der Waals surface area contributed by atoms with Crippen molar-refractivity contribution in [2.75, 3.05) is 0 Å². The van der Waals surface area contributed by atoms with Crippen LogP contribution in [0.4, 0.5) is 4.79 Å². The van der Waals surface area contributed by atoms with E-state index in [0.29, 0.717) is 27.6 Å². The van der Waals surface area contributed by atoms with Crippen LogP contribution in [0.3, 0.4) is 0 Å². The highest BCUT2D eigenvalue weighted by Gasteiger charge is 2.20. The van der Waals surface area contributed by atoms with Crippen LogP contribution in [0.1, 0.15) is 20.8 Å². The summed E-state index contributed by atoms with van der Waals surface area (Å²) in [6.45, 7) is 6.01. The molecule has 0 bridgehead atoms. The lowest BCUT2D eigenvalue weighted by Gasteiger charge is -2.17. The molecule has 134 valence electrons. The van der Waals surface area contributed by atoms with E-state index in [-0.39, 0.29) is 11.5 Å². The maximum atomic E-state index is 12.8. The van der Waals surface area contributed by atoms with Gasteiger partial charge in [-0.2, -0.15) is 0 Å². The number of amides is 3. The summed E-state index contributed by atoms with van der Waals surface area (Å²) in [6, 6.07) is 3.98. The van der Waals surface area contributed by atoms with E-state index < -0.39 is 17.2 Å². The molecule has 0 saturated heterocycles. The number of fused-ring (bicyclic) bond motifs is 1. The van der Waals surface area contributed by atoms with Gasteiger partial charge in [0.15, 0.2) is 5.16 Å². The molecule has 1 aromatic carbocycles. The number of hydrogen-bond donors (Lipinski definition) is 2. The van der Waals surface area contributed by atoms with Gasteiger partial charge < -0.3 is 5.73 Å². The molecule has 1 aromatic heterocycles. The van der Waals surface area contributed by atoms with Crippen molar-refractivity contribution in [3.63, 3.8) is 0 Å². The number of halogens is 1. The predicted molar refractivity (Wildman–Crippen MR) is 98.9 cm³/mol. The van der Waals surface area contributed by atoms with Crippen molar-refractivity contribution in [1.29, 1.82) is 0 Å². The highest BCUT2D eigenvalue weighted by Crippen LogP contribution is 2.24. The summed E-state index contributed by atoms with van der Waals surface area (Å²) in [5, 5.41) is 2.66. The van der Waals surface area contributed by atoms with Crippen molar-refractivity contribution in [3.05, 3.63) is 33.6 Å². The van der Waals surface area contributed by atoms with Gasteiger partial charge in [-0.05, 0) is 31.0 Å². The van der Waals surface area contributed by atoms with Gasteiger partial charge in [0, 0.05) is 11.6 Å². The van der Waals surface area contributed by atoms with Crippen LogP contribution in [0.5, 0.6) is 0 Å². The second-order valence-corrected chi connectivity index (χ2v) is 7.72. The summed E-state index contributed by atoms with van der Waals surface area (Å²) in [5.74, 6) is -0.343. The maximum absolute atomic E-state index is 12.8. The third kappa shape index (κ3) is 4.73. The molecular formula is C16H19ClN4O3S. The van der Waals surface area contributed by atoms with Crippen LogP contribution < -0.4 is 16.6 Å². The number of carbonyl (C=O) groups excluding carboxylic acids is 2. The lowest BCUT2D eigenvalue weighted by molar-refractivity contribution is -0.119. The Morgan fingerprint density at radius 3 is 2.64 bits per heavy atom. The van der Waals surface area contributed by atoms with Crippen molar-refractivity contribution in [2.24, 2.45) is 11.7 Å². The lowest BCUT2D eigenvalue weighted by Crippen LogP contribution is -2.39. The molecule has 25 heavy (non-hydrogen) atoms. The minimum Gasteiger partial charge on any atom is -0.351 e. The van der Waals surface area contributed by atoms with Gasteiger partial charge in [-0.15, -0.1) is 0 Å². The number of hydrogen-bond acceptors (Lipinski definition) is 5. The predicted octanol–water partition coefficient (Wildman–Crippen LogP) is 2.38. The van der Waals surface area contributed by atoms with Gasteiger partial charge in [0.1, 0.15) is 0 Å². The number of thioether (sulfide) groups is 1. The van der Waals surface area contributed by atoms with E-state index in [9.17, 15) is 14.4 Å². The zero-order chi connectivity index (χ0) is 18.7. The van der Waals surface area contributed by atoms with Crippen LogP contribution in [-0.4, -0.2) is 26.7 Å². The van der Waals surface area contributed by atoms with Crippen LogP contribution in [0.25, 0.3) is 10.9 Å². The minimum atomic E-state index is -0.918. The number of aromatic nitrogens is 2. The van der Waals surface area contributed by atoms with Crippen molar-refractivity contribution < 1.29 is 9.59 Å². The molecule has 7 nitrogen and oxygen atoms in total. The van der Waals surface area contributed by atoms with E-state index in [1.54, 1.807) is 25.1 Å². The SMILES string of the molecule is CC(C)Cn1c(SC(C)C(=O)NC(N)=O)nc2ccc(Cl)cc2c1=O. The van der Waals surface area contributed by atoms with E-state index in [1.807, 2.05) is 19.2 Å². The average Bonchev–Trinajstić information content (AvgIpc) is 2.51. The Hall–Kier alpha value is -2.06. The molecule has 3 N–H and O–H groups in total. The molecular weight excluding hydrogens is 364 g/mol. The monoisotopic (exact) mass is 382 g/mol. The number of carbonyl (C=O) groups is 2. The maximum Gasteiger partial charge on any atom is 0.318 e. The average molecular weight is 383 g/mol. The Labute approximate surface area is 153 Å². The molecule has 0 fully saturated rings. The Kier molecular flexibility index (Phi) is 6.07. The summed E-state index contributed by atoms with van der Waals surface area (Å²) < 4.78 is 1.53. The van der Waals surface area contributed by atoms with Gasteiger partial charge in [0.05, 0.1) is 16.2 Å². The Bertz CT molecular complexity index is 882. The first-order valence-electron chi connectivity index (χ1n) is 7.66. The normalized spacial score (nSPS) is 12.4. The smallest absolute Gasteiger partial charge is 0.318 e. The fraction of sp³-hybridized carbons (Fsp3) is 0.375. The molecule has 1 heterocycles. The molecule has 0 aliphatic rings. The summed E-state index contributed by atoms with van der Waals surface area (Å²) in [4.78, 5) is 40.1. The quantitative estimate of drug-likeness (QED) is 0.609. The van der Waals surface area contributed by atoms with Gasteiger partial charge in [-0.1, -0.05) is 37.2 Å². The summed E-state index contributed by atoms with van der Waals surface area (Å²) in [6.07, 6.45) is 0. The third-order valence-electron chi connectivity index (χ3n) is 3.33.